The first-order valence-corrected chi connectivity index (χ1v) is 20.4. The van der Waals surface area contributed by atoms with E-state index in [0.29, 0.717) is 58.7 Å². The fourth-order valence-electron chi connectivity index (χ4n) is 4.83. The fraction of sp³-hybridized carbons (Fsp3) is 0.263. The zero-order valence-electron chi connectivity index (χ0n) is 28.1. The van der Waals surface area contributed by atoms with Gasteiger partial charge in [0.15, 0.2) is 26.1 Å². The van der Waals surface area contributed by atoms with E-state index >= 15 is 0 Å². The van der Waals surface area contributed by atoms with Gasteiger partial charge in [0.1, 0.15) is 0 Å². The van der Waals surface area contributed by atoms with Crippen molar-refractivity contribution < 1.29 is 28.6 Å². The number of hydrogen-bond acceptors (Lipinski definition) is 6. The molecule has 2 fully saturated rings. The number of carbonyl (C=O) groups excluding carboxylic acids is 3. The molecule has 272 valence electrons. The average molecular weight is 964 g/mol. The lowest BCUT2D eigenvalue weighted by molar-refractivity contribution is -0.247. The van der Waals surface area contributed by atoms with Gasteiger partial charge in [-0.3, -0.25) is 14.4 Å². The number of amides is 3. The summed E-state index contributed by atoms with van der Waals surface area (Å²) < 4.78 is 13.9. The number of halogens is 4. The van der Waals surface area contributed by atoms with Crippen LogP contribution in [0, 0.1) is 6.57 Å². The predicted octanol–water partition coefficient (Wildman–Crippen LogP) is 9.04. The fourth-order valence-corrected chi connectivity index (χ4v) is 6.33. The molecule has 4 aromatic rings. The van der Waals surface area contributed by atoms with Crippen molar-refractivity contribution in [2.75, 3.05) is 40.4 Å². The second-order valence-corrected chi connectivity index (χ2v) is 13.6. The molecule has 0 unspecified atom stereocenters. The predicted molar refractivity (Wildman–Crippen MR) is 214 cm³/mol. The van der Waals surface area contributed by atoms with Gasteiger partial charge in [0.2, 0.25) is 0 Å². The van der Waals surface area contributed by atoms with Crippen LogP contribution in [0.4, 0.5) is 5.69 Å². The molecule has 0 spiro atoms. The van der Waals surface area contributed by atoms with E-state index in [0.717, 1.165) is 22.0 Å². The molecule has 6 rings (SSSR count). The van der Waals surface area contributed by atoms with Crippen molar-refractivity contribution in [2.45, 2.75) is 21.3 Å². The van der Waals surface area contributed by atoms with Crippen molar-refractivity contribution in [1.29, 1.82) is 0 Å². The molecule has 0 aliphatic carbocycles. The molecule has 14 heteroatoms. The highest BCUT2D eigenvalue weighted by Gasteiger charge is 2.33. The quantitative estimate of drug-likeness (QED) is 0.136. The Morgan fingerprint density at radius 1 is 0.481 bits per heavy atom. The summed E-state index contributed by atoms with van der Waals surface area (Å²) in [5, 5.41) is 2.93. The van der Waals surface area contributed by atoms with Crippen LogP contribution in [0.1, 0.15) is 53.3 Å². The molecule has 0 saturated carbocycles. The van der Waals surface area contributed by atoms with Crippen LogP contribution < -0.4 is 0 Å². The molecule has 3 amide bonds. The van der Waals surface area contributed by atoms with E-state index in [1.807, 2.05) is 60.7 Å². The molecule has 4 aromatic carbocycles. The zero-order chi connectivity index (χ0) is 37.3. The molecule has 0 atom stereocenters. The van der Waals surface area contributed by atoms with Gasteiger partial charge in [0, 0.05) is 38.0 Å². The van der Waals surface area contributed by atoms with Gasteiger partial charge in [0.05, 0.1) is 26.6 Å². The first kappa shape index (κ1) is 41.3. The minimum absolute atomic E-state index is 0.0877. The zero-order valence-corrected chi connectivity index (χ0v) is 34.4. The second-order valence-electron chi connectivity index (χ2n) is 11.3. The van der Waals surface area contributed by atoms with Crippen molar-refractivity contribution in [1.82, 2.24) is 14.7 Å². The van der Waals surface area contributed by atoms with Crippen LogP contribution in [-0.2, 0) is 35.5 Å². The lowest BCUT2D eigenvalue weighted by atomic mass is 10.1. The van der Waals surface area contributed by atoms with E-state index in [-0.39, 0.29) is 37.7 Å². The highest BCUT2D eigenvalue weighted by atomic mass is 79.9. The van der Waals surface area contributed by atoms with Crippen LogP contribution in [0.15, 0.2) is 97.1 Å². The lowest BCUT2D eigenvalue weighted by Crippen LogP contribution is -2.59. The summed E-state index contributed by atoms with van der Waals surface area (Å²) in [6, 6.07) is 29.4. The van der Waals surface area contributed by atoms with Crippen LogP contribution in [0.2, 0.25) is 0 Å². The highest BCUT2D eigenvalue weighted by molar-refractivity contribution is 9.09. The molecule has 2 saturated heterocycles. The van der Waals surface area contributed by atoms with Gasteiger partial charge in [-0.2, -0.15) is 0 Å². The molecular weight excluding hydrogens is 928 g/mol. The molecule has 0 aromatic heterocycles. The Labute approximate surface area is 337 Å². The summed E-state index contributed by atoms with van der Waals surface area (Å²) in [5.41, 5.74) is 6.57. The Balaban J connectivity index is 0.000000309. The van der Waals surface area contributed by atoms with Gasteiger partial charge in [-0.1, -0.05) is 124 Å². The van der Waals surface area contributed by atoms with E-state index in [1.165, 1.54) is 20.3 Å². The third-order valence-corrected chi connectivity index (χ3v) is 10.3. The number of alkyl halides is 4. The highest BCUT2D eigenvalue weighted by Crippen LogP contribution is 2.20. The molecule has 2 aliphatic rings. The van der Waals surface area contributed by atoms with E-state index < -0.39 is 0 Å². The summed E-state index contributed by atoms with van der Waals surface area (Å²) in [6.07, 6.45) is 0. The molecular formula is C38H36Br4N4O6. The minimum atomic E-state index is -0.240. The molecule has 10 nitrogen and oxygen atoms in total. The van der Waals surface area contributed by atoms with Gasteiger partial charge in [-0.25, -0.2) is 4.85 Å². The van der Waals surface area contributed by atoms with E-state index in [9.17, 15) is 14.4 Å². The molecule has 52 heavy (non-hydrogen) atoms. The van der Waals surface area contributed by atoms with Gasteiger partial charge < -0.3 is 28.9 Å². The summed E-state index contributed by atoms with van der Waals surface area (Å²) >= 11 is 13.6. The Morgan fingerprint density at radius 3 is 0.942 bits per heavy atom. The largest absolute Gasteiger partial charge is 0.329 e. The van der Waals surface area contributed by atoms with Crippen LogP contribution in [0.25, 0.3) is 4.85 Å². The Morgan fingerprint density at radius 2 is 0.731 bits per heavy atom. The third kappa shape index (κ3) is 12.3. The Bertz CT molecular complexity index is 1610. The topological polar surface area (TPSA) is 93.0 Å². The molecule has 0 N–H and O–H groups in total. The molecule has 0 bridgehead atoms. The van der Waals surface area contributed by atoms with Crippen molar-refractivity contribution in [2.24, 2.45) is 0 Å². The first-order chi connectivity index (χ1) is 25.3. The summed E-state index contributed by atoms with van der Waals surface area (Å²) in [4.78, 5) is 48.1. The van der Waals surface area contributed by atoms with E-state index in [2.05, 4.69) is 82.8 Å². The minimum Gasteiger partial charge on any atom is -0.329 e. The third-order valence-electron chi connectivity index (χ3n) is 7.67. The number of benzene rings is 4. The first-order valence-electron chi connectivity index (χ1n) is 15.9. The van der Waals surface area contributed by atoms with Crippen molar-refractivity contribution in [3.05, 3.63) is 147 Å². The number of rotatable bonds is 7. The number of ether oxygens (including phenoxy) is 3. The molecule has 0 radical (unpaired) electrons. The summed E-state index contributed by atoms with van der Waals surface area (Å²) in [7, 11) is 0. The van der Waals surface area contributed by atoms with Gasteiger partial charge in [-0.05, 0) is 58.7 Å². The van der Waals surface area contributed by atoms with Crippen LogP contribution in [0.5, 0.6) is 0 Å². The van der Waals surface area contributed by atoms with Crippen LogP contribution >= 0.6 is 63.7 Å². The number of carbonyl (C=O) groups is 3. The monoisotopic (exact) mass is 960 g/mol. The standard InChI is InChI=1S/C27H24Br3N3O3.C8H6BrN.C3H6O3/c28-13-19-1-7-22(8-2-19)25(34)31-16-32(26(35)23-9-3-20(14-29)4-10-23)18-33(17-31)27(36)24-11-5-21(15-30)6-12-24;1-10-8-4-2-7(6-9)3-5-8;1-4-2-6-3-5-1/h1-12H,13-18H2;2-5H,6H2;1-3H2. The van der Waals surface area contributed by atoms with Gasteiger partial charge in [-0.15, -0.1) is 0 Å². The normalized spacial score (nSPS) is 13.9. The lowest BCUT2D eigenvalue weighted by Gasteiger charge is -2.42. The maximum absolute atomic E-state index is 13.4. The van der Waals surface area contributed by atoms with Gasteiger partial charge in [0.25, 0.3) is 17.7 Å². The van der Waals surface area contributed by atoms with Crippen molar-refractivity contribution in [3.8, 4) is 0 Å². The average Bonchev–Trinajstić information content (AvgIpc) is 3.23. The van der Waals surface area contributed by atoms with Crippen LogP contribution in [-0.4, -0.2) is 72.8 Å². The van der Waals surface area contributed by atoms with Gasteiger partial charge >= 0.3 is 0 Å². The smallest absolute Gasteiger partial charge is 0.256 e. The summed E-state index contributed by atoms with van der Waals surface area (Å²) in [5.74, 6) is -0.720. The SMILES string of the molecule is C1OCOCO1.O=C(c1ccc(CBr)cc1)N1CN(C(=O)c2ccc(CBr)cc2)CN(C(=O)c2ccc(CBr)cc2)C1.[C-]#[N+]c1ccc(CBr)cc1. The maximum Gasteiger partial charge on any atom is 0.256 e. The Hall–Kier alpha value is -3.42. The van der Waals surface area contributed by atoms with Crippen molar-refractivity contribution in [3.63, 3.8) is 0 Å². The van der Waals surface area contributed by atoms with Crippen molar-refractivity contribution >= 4 is 87.1 Å². The van der Waals surface area contributed by atoms with E-state index in [1.54, 1.807) is 36.4 Å². The van der Waals surface area contributed by atoms with Crippen LogP contribution in [0.3, 0.4) is 0 Å². The Kier molecular flexibility index (Phi) is 17.4. The van der Waals surface area contributed by atoms with E-state index in [4.69, 9.17) is 6.57 Å². The maximum atomic E-state index is 13.4. The second kappa shape index (κ2) is 21.9. The number of nitrogens with zero attached hydrogens (tertiary/aromatic N) is 4. The molecule has 2 aliphatic heterocycles. The number of hydrogen-bond donors (Lipinski definition) is 0. The molecule has 2 heterocycles. The summed E-state index contributed by atoms with van der Waals surface area (Å²) in [6.45, 7) is 8.07.